The maximum Gasteiger partial charge on any atom is 0.399 e. The summed E-state index contributed by atoms with van der Waals surface area (Å²) in [4.78, 5) is 0. The molecule has 0 aliphatic heterocycles. The smallest absolute Gasteiger partial charge is 0.396 e. The zero-order valence-corrected chi connectivity index (χ0v) is 7.30. The van der Waals surface area contributed by atoms with E-state index in [4.69, 9.17) is 5.11 Å². The van der Waals surface area contributed by atoms with Crippen LogP contribution in [0.5, 0.6) is 0 Å². The summed E-state index contributed by atoms with van der Waals surface area (Å²) in [7, 11) is -2.84. The summed E-state index contributed by atoms with van der Waals surface area (Å²) in [6, 6.07) is 0. The average molecular weight is 184 g/mol. The van der Waals surface area contributed by atoms with Crippen molar-refractivity contribution in [2.24, 2.45) is 0 Å². The van der Waals surface area contributed by atoms with E-state index in [-0.39, 0.29) is 13.0 Å². The molecule has 0 aromatic heterocycles. The molecule has 68 valence electrons. The molecule has 1 unspecified atom stereocenters. The first kappa shape index (κ1) is 10.8. The van der Waals surface area contributed by atoms with E-state index in [9.17, 15) is 8.42 Å². The Labute approximate surface area is 66.3 Å². The molecule has 0 amide bonds. The summed E-state index contributed by atoms with van der Waals surface area (Å²) < 4.78 is 29.6. The van der Waals surface area contributed by atoms with Crippen molar-refractivity contribution in [3.05, 3.63) is 0 Å². The van der Waals surface area contributed by atoms with Crippen LogP contribution < -0.4 is 0 Å². The Kier molecular flexibility index (Phi) is 4.58. The van der Waals surface area contributed by atoms with Gasteiger partial charge in [-0.3, -0.25) is 4.18 Å². The summed E-state index contributed by atoms with van der Waals surface area (Å²) in [6.45, 7) is 1.42. The van der Waals surface area contributed by atoms with Crippen LogP contribution in [0.25, 0.3) is 0 Å². The first-order chi connectivity index (χ1) is 5.02. The van der Waals surface area contributed by atoms with Crippen LogP contribution in [0.15, 0.2) is 0 Å². The molecule has 0 aliphatic carbocycles. The van der Waals surface area contributed by atoms with Gasteiger partial charge in [0.1, 0.15) is 0 Å². The van der Waals surface area contributed by atoms with Gasteiger partial charge in [0.25, 0.3) is 0 Å². The Hall–Kier alpha value is -0.170. The van der Waals surface area contributed by atoms with Crippen LogP contribution in [-0.2, 0) is 18.8 Å². The van der Waals surface area contributed by atoms with Crippen molar-refractivity contribution in [3.8, 4) is 0 Å². The minimum Gasteiger partial charge on any atom is -0.396 e. The molecule has 1 N–H and O–H groups in total. The molecular formula is C5H12O5S. The number of aliphatic hydroxyl groups excluding tert-OH is 1. The molecule has 0 radical (unpaired) electrons. The van der Waals surface area contributed by atoms with Gasteiger partial charge in [-0.2, -0.15) is 8.42 Å². The minimum absolute atomic E-state index is 0.111. The molecule has 1 atom stereocenters. The molecule has 11 heavy (non-hydrogen) atoms. The summed E-state index contributed by atoms with van der Waals surface area (Å²) in [5.74, 6) is 0. The quantitative estimate of drug-likeness (QED) is 0.633. The van der Waals surface area contributed by atoms with E-state index in [1.807, 2.05) is 0 Å². The molecule has 0 fully saturated rings. The third-order valence-corrected chi connectivity index (χ3v) is 1.99. The van der Waals surface area contributed by atoms with Crippen LogP contribution in [-0.4, -0.2) is 33.3 Å². The first-order valence-corrected chi connectivity index (χ1v) is 4.45. The Morgan fingerprint density at radius 3 is 2.45 bits per heavy atom. The summed E-state index contributed by atoms with van der Waals surface area (Å²) in [5, 5.41) is 8.39. The van der Waals surface area contributed by atoms with E-state index in [2.05, 4.69) is 8.37 Å². The second kappa shape index (κ2) is 4.66. The van der Waals surface area contributed by atoms with Gasteiger partial charge in [0, 0.05) is 6.61 Å². The monoisotopic (exact) mass is 184 g/mol. The van der Waals surface area contributed by atoms with Gasteiger partial charge in [0.2, 0.25) is 0 Å². The summed E-state index contributed by atoms with van der Waals surface area (Å²) in [6.07, 6.45) is -0.285. The number of aliphatic hydroxyl groups is 1. The maximum absolute atomic E-state index is 10.6. The Bertz CT molecular complexity index is 185. The van der Waals surface area contributed by atoms with E-state index < -0.39 is 16.5 Å². The van der Waals surface area contributed by atoms with E-state index in [0.717, 1.165) is 7.11 Å². The van der Waals surface area contributed by atoms with E-state index >= 15 is 0 Å². The van der Waals surface area contributed by atoms with Gasteiger partial charge < -0.3 is 5.11 Å². The third kappa shape index (κ3) is 5.14. The predicted molar refractivity (Wildman–Crippen MR) is 38.2 cm³/mol. The lowest BCUT2D eigenvalue weighted by atomic mass is 10.3. The van der Waals surface area contributed by atoms with E-state index in [0.29, 0.717) is 0 Å². The fourth-order valence-electron chi connectivity index (χ4n) is 0.470. The highest BCUT2D eigenvalue weighted by Crippen LogP contribution is 2.02. The third-order valence-electron chi connectivity index (χ3n) is 1.02. The fourth-order valence-corrected chi connectivity index (χ4v) is 1.05. The zero-order valence-electron chi connectivity index (χ0n) is 6.48. The maximum atomic E-state index is 10.6. The van der Waals surface area contributed by atoms with Crippen molar-refractivity contribution < 1.29 is 21.9 Å². The molecule has 0 aliphatic rings. The predicted octanol–water partition coefficient (Wildman–Crippen LogP) is -0.335. The first-order valence-electron chi connectivity index (χ1n) is 3.11. The molecule has 0 heterocycles. The SMILES string of the molecule is COS(=O)(=O)OC(C)CCO. The van der Waals surface area contributed by atoms with Crippen molar-refractivity contribution in [2.45, 2.75) is 19.4 Å². The molecule has 5 nitrogen and oxygen atoms in total. The highest BCUT2D eigenvalue weighted by atomic mass is 32.3. The van der Waals surface area contributed by atoms with Gasteiger partial charge in [-0.05, 0) is 13.3 Å². The van der Waals surface area contributed by atoms with Crippen LogP contribution in [0.4, 0.5) is 0 Å². The summed E-state index contributed by atoms with van der Waals surface area (Å²) >= 11 is 0. The van der Waals surface area contributed by atoms with Crippen LogP contribution in [0.3, 0.4) is 0 Å². The lowest BCUT2D eigenvalue weighted by molar-refractivity contribution is 0.149. The molecule has 0 rings (SSSR count). The number of hydrogen-bond acceptors (Lipinski definition) is 5. The van der Waals surface area contributed by atoms with Crippen LogP contribution in [0.2, 0.25) is 0 Å². The van der Waals surface area contributed by atoms with Gasteiger partial charge in [-0.25, -0.2) is 4.18 Å². The van der Waals surface area contributed by atoms with Crippen LogP contribution in [0, 0.1) is 0 Å². The number of rotatable bonds is 5. The topological polar surface area (TPSA) is 72.8 Å². The van der Waals surface area contributed by atoms with Gasteiger partial charge in [-0.15, -0.1) is 0 Å². The normalized spacial score (nSPS) is 14.8. The molecule has 0 aromatic rings. The van der Waals surface area contributed by atoms with Crippen molar-refractivity contribution >= 4 is 10.4 Å². The standard InChI is InChI=1S/C5H12O5S/c1-5(3-4-6)10-11(7,8)9-2/h5-6H,3-4H2,1-2H3. The Morgan fingerprint density at radius 2 is 2.09 bits per heavy atom. The fraction of sp³-hybridized carbons (Fsp3) is 1.00. The Morgan fingerprint density at radius 1 is 1.55 bits per heavy atom. The van der Waals surface area contributed by atoms with Gasteiger partial charge in [-0.1, -0.05) is 0 Å². The molecule has 0 spiro atoms. The van der Waals surface area contributed by atoms with Crippen molar-refractivity contribution in [1.82, 2.24) is 0 Å². The molecule has 6 heteroatoms. The highest BCUT2D eigenvalue weighted by molar-refractivity contribution is 7.81. The molecular weight excluding hydrogens is 172 g/mol. The second-order valence-electron chi connectivity index (χ2n) is 1.99. The lowest BCUT2D eigenvalue weighted by Gasteiger charge is -2.08. The number of hydrogen-bond donors (Lipinski definition) is 1. The molecule has 0 aromatic carbocycles. The van der Waals surface area contributed by atoms with E-state index in [1.54, 1.807) is 0 Å². The molecule has 0 saturated carbocycles. The van der Waals surface area contributed by atoms with Crippen molar-refractivity contribution in [3.63, 3.8) is 0 Å². The molecule has 0 bridgehead atoms. The van der Waals surface area contributed by atoms with Gasteiger partial charge >= 0.3 is 10.4 Å². The van der Waals surface area contributed by atoms with Gasteiger partial charge in [0.05, 0.1) is 13.2 Å². The Balaban J connectivity index is 3.84. The highest BCUT2D eigenvalue weighted by Gasteiger charge is 2.13. The lowest BCUT2D eigenvalue weighted by Crippen LogP contribution is -2.17. The van der Waals surface area contributed by atoms with Crippen molar-refractivity contribution in [2.75, 3.05) is 13.7 Å². The van der Waals surface area contributed by atoms with Crippen molar-refractivity contribution in [1.29, 1.82) is 0 Å². The van der Waals surface area contributed by atoms with Crippen LogP contribution >= 0.6 is 0 Å². The minimum atomic E-state index is -3.85. The second-order valence-corrected chi connectivity index (χ2v) is 3.34. The van der Waals surface area contributed by atoms with Crippen LogP contribution in [0.1, 0.15) is 13.3 Å². The van der Waals surface area contributed by atoms with E-state index in [1.165, 1.54) is 6.92 Å². The largest absolute Gasteiger partial charge is 0.399 e. The molecule has 0 saturated heterocycles. The zero-order chi connectivity index (χ0) is 8.91. The summed E-state index contributed by atoms with van der Waals surface area (Å²) in [5.41, 5.74) is 0. The average Bonchev–Trinajstić information content (AvgIpc) is 1.87. The van der Waals surface area contributed by atoms with Gasteiger partial charge in [0.15, 0.2) is 0 Å².